The number of hydrogen-bond donors (Lipinski definition) is 1. The number of nitrogens with zero attached hydrogens (tertiary/aromatic N) is 1. The van der Waals surface area contributed by atoms with Gasteiger partial charge in [-0.3, -0.25) is 4.90 Å². The molecule has 2 rings (SSSR count). The topological polar surface area (TPSA) is 38.5 Å². The Balaban J connectivity index is 1.91. The van der Waals surface area contributed by atoms with E-state index in [4.69, 9.17) is 10.5 Å². The molecule has 0 bridgehead atoms. The third kappa shape index (κ3) is 2.52. The molecule has 2 fully saturated rings. The van der Waals surface area contributed by atoms with Crippen LogP contribution in [0.15, 0.2) is 0 Å². The summed E-state index contributed by atoms with van der Waals surface area (Å²) in [5.74, 6) is 0.738. The number of rotatable bonds is 2. The Hall–Kier alpha value is -0.120. The maximum atomic E-state index is 5.99. The molecule has 0 spiro atoms. The van der Waals surface area contributed by atoms with Crippen molar-refractivity contribution in [2.24, 2.45) is 11.7 Å². The molecule has 2 aliphatic rings. The largest absolute Gasteiger partial charge is 0.381 e. The molecule has 2 aliphatic heterocycles. The van der Waals surface area contributed by atoms with E-state index in [1.807, 2.05) is 0 Å². The Labute approximate surface area is 93.0 Å². The van der Waals surface area contributed by atoms with Crippen molar-refractivity contribution in [3.8, 4) is 0 Å². The van der Waals surface area contributed by atoms with Crippen LogP contribution >= 0.6 is 0 Å². The van der Waals surface area contributed by atoms with E-state index >= 15 is 0 Å². The van der Waals surface area contributed by atoms with Crippen molar-refractivity contribution in [3.05, 3.63) is 0 Å². The van der Waals surface area contributed by atoms with Crippen molar-refractivity contribution in [2.45, 2.75) is 51.2 Å². The molecule has 4 unspecified atom stereocenters. The second-order valence-electron chi connectivity index (χ2n) is 5.24. The molecule has 0 radical (unpaired) electrons. The van der Waals surface area contributed by atoms with Gasteiger partial charge in [0.2, 0.25) is 0 Å². The first-order valence-electron chi connectivity index (χ1n) is 6.27. The highest BCUT2D eigenvalue weighted by molar-refractivity contribution is 4.87. The monoisotopic (exact) mass is 212 g/mol. The maximum absolute atomic E-state index is 5.99. The van der Waals surface area contributed by atoms with Gasteiger partial charge >= 0.3 is 0 Å². The molecule has 2 N–H and O–H groups in total. The van der Waals surface area contributed by atoms with Gasteiger partial charge in [-0.15, -0.1) is 0 Å². The summed E-state index contributed by atoms with van der Waals surface area (Å²) in [5.41, 5.74) is 5.99. The van der Waals surface area contributed by atoms with Crippen LogP contribution in [0.4, 0.5) is 0 Å². The van der Waals surface area contributed by atoms with Crippen molar-refractivity contribution >= 4 is 0 Å². The summed E-state index contributed by atoms with van der Waals surface area (Å²) in [4.78, 5) is 2.63. The standard InChI is InChI=1S/C12H24N2O/c1-9-7-12(13)3-5-14(9)10(2)11-4-6-15-8-11/h9-12H,3-8,13H2,1-2H3. The van der Waals surface area contributed by atoms with Crippen LogP contribution in [-0.4, -0.2) is 42.8 Å². The van der Waals surface area contributed by atoms with E-state index in [0.29, 0.717) is 18.1 Å². The first kappa shape index (κ1) is 11.4. The third-order valence-electron chi connectivity index (χ3n) is 4.14. The van der Waals surface area contributed by atoms with Crippen LogP contribution in [0.1, 0.15) is 33.1 Å². The minimum atomic E-state index is 0.420. The second kappa shape index (κ2) is 4.81. The SMILES string of the molecule is CC1CC(N)CCN1C(C)C1CCOC1. The fourth-order valence-corrected chi connectivity index (χ4v) is 3.04. The summed E-state index contributed by atoms with van der Waals surface area (Å²) < 4.78 is 5.47. The first-order valence-corrected chi connectivity index (χ1v) is 6.27. The van der Waals surface area contributed by atoms with E-state index in [9.17, 15) is 0 Å². The Morgan fingerprint density at radius 1 is 1.40 bits per heavy atom. The van der Waals surface area contributed by atoms with Crippen LogP contribution in [0.2, 0.25) is 0 Å². The Morgan fingerprint density at radius 2 is 2.20 bits per heavy atom. The molecule has 0 saturated carbocycles. The van der Waals surface area contributed by atoms with Crippen LogP contribution in [-0.2, 0) is 4.74 Å². The zero-order valence-corrected chi connectivity index (χ0v) is 9.98. The lowest BCUT2D eigenvalue weighted by Gasteiger charge is -2.42. The molecular formula is C12H24N2O. The van der Waals surface area contributed by atoms with Gasteiger partial charge in [-0.05, 0) is 39.0 Å². The molecule has 0 aromatic heterocycles. The molecule has 3 heteroatoms. The third-order valence-corrected chi connectivity index (χ3v) is 4.14. The molecule has 0 amide bonds. The van der Waals surface area contributed by atoms with Gasteiger partial charge in [0.05, 0.1) is 6.61 Å². The minimum Gasteiger partial charge on any atom is -0.381 e. The Morgan fingerprint density at radius 3 is 2.80 bits per heavy atom. The van der Waals surface area contributed by atoms with Crippen LogP contribution in [0.25, 0.3) is 0 Å². The molecule has 0 aliphatic carbocycles. The van der Waals surface area contributed by atoms with E-state index in [-0.39, 0.29) is 0 Å². The van der Waals surface area contributed by atoms with Gasteiger partial charge < -0.3 is 10.5 Å². The fourth-order valence-electron chi connectivity index (χ4n) is 3.04. The Kier molecular flexibility index (Phi) is 3.65. The summed E-state index contributed by atoms with van der Waals surface area (Å²) >= 11 is 0. The summed E-state index contributed by atoms with van der Waals surface area (Å²) in [5, 5.41) is 0. The molecule has 4 atom stereocenters. The molecule has 2 heterocycles. The lowest BCUT2D eigenvalue weighted by Crippen LogP contribution is -2.51. The lowest BCUT2D eigenvalue weighted by molar-refractivity contribution is 0.0656. The number of likely N-dealkylation sites (tertiary alicyclic amines) is 1. The average molecular weight is 212 g/mol. The quantitative estimate of drug-likeness (QED) is 0.748. The number of hydrogen-bond acceptors (Lipinski definition) is 3. The molecule has 0 aromatic carbocycles. The van der Waals surface area contributed by atoms with E-state index in [2.05, 4.69) is 18.7 Å². The van der Waals surface area contributed by atoms with E-state index in [1.54, 1.807) is 0 Å². The van der Waals surface area contributed by atoms with Crippen molar-refractivity contribution in [1.29, 1.82) is 0 Å². The van der Waals surface area contributed by atoms with Crippen LogP contribution in [0.3, 0.4) is 0 Å². The summed E-state index contributed by atoms with van der Waals surface area (Å²) in [6, 6.07) is 1.72. The predicted octanol–water partition coefficient (Wildman–Crippen LogP) is 1.22. The molecular weight excluding hydrogens is 188 g/mol. The van der Waals surface area contributed by atoms with Crippen molar-refractivity contribution in [2.75, 3.05) is 19.8 Å². The second-order valence-corrected chi connectivity index (χ2v) is 5.24. The van der Waals surface area contributed by atoms with Crippen LogP contribution in [0.5, 0.6) is 0 Å². The van der Waals surface area contributed by atoms with Crippen molar-refractivity contribution in [1.82, 2.24) is 4.90 Å². The van der Waals surface area contributed by atoms with E-state index in [1.165, 1.54) is 13.0 Å². The predicted molar refractivity (Wildman–Crippen MR) is 61.8 cm³/mol. The maximum Gasteiger partial charge on any atom is 0.0509 e. The minimum absolute atomic E-state index is 0.420. The molecule has 2 saturated heterocycles. The summed E-state index contributed by atoms with van der Waals surface area (Å²) in [7, 11) is 0. The van der Waals surface area contributed by atoms with Gasteiger partial charge in [0.1, 0.15) is 0 Å². The molecule has 3 nitrogen and oxygen atoms in total. The van der Waals surface area contributed by atoms with Crippen molar-refractivity contribution in [3.63, 3.8) is 0 Å². The van der Waals surface area contributed by atoms with E-state index in [0.717, 1.165) is 32.0 Å². The van der Waals surface area contributed by atoms with Gasteiger partial charge in [-0.1, -0.05) is 0 Å². The van der Waals surface area contributed by atoms with E-state index < -0.39 is 0 Å². The number of piperidine rings is 1. The number of ether oxygens (including phenoxy) is 1. The highest BCUT2D eigenvalue weighted by Crippen LogP contribution is 2.26. The first-order chi connectivity index (χ1) is 7.18. The lowest BCUT2D eigenvalue weighted by atomic mass is 9.92. The van der Waals surface area contributed by atoms with Gasteiger partial charge in [0, 0.05) is 31.3 Å². The highest BCUT2D eigenvalue weighted by Gasteiger charge is 2.32. The highest BCUT2D eigenvalue weighted by atomic mass is 16.5. The average Bonchev–Trinajstić information content (AvgIpc) is 2.69. The fraction of sp³-hybridized carbons (Fsp3) is 1.00. The zero-order valence-electron chi connectivity index (χ0n) is 9.98. The van der Waals surface area contributed by atoms with Gasteiger partial charge in [-0.2, -0.15) is 0 Å². The van der Waals surface area contributed by atoms with Gasteiger partial charge in [-0.25, -0.2) is 0 Å². The smallest absolute Gasteiger partial charge is 0.0509 e. The Bertz CT molecular complexity index is 204. The normalized spacial score (nSPS) is 40.6. The summed E-state index contributed by atoms with van der Waals surface area (Å²) in [6.45, 7) is 7.74. The molecule has 88 valence electrons. The molecule has 0 aromatic rings. The zero-order chi connectivity index (χ0) is 10.8. The van der Waals surface area contributed by atoms with Gasteiger partial charge in [0.15, 0.2) is 0 Å². The summed E-state index contributed by atoms with van der Waals surface area (Å²) in [6.07, 6.45) is 3.54. The van der Waals surface area contributed by atoms with Crippen LogP contribution < -0.4 is 5.73 Å². The van der Waals surface area contributed by atoms with Gasteiger partial charge in [0.25, 0.3) is 0 Å². The molecule has 15 heavy (non-hydrogen) atoms. The number of nitrogens with two attached hydrogens (primary N) is 1. The van der Waals surface area contributed by atoms with Crippen molar-refractivity contribution < 1.29 is 4.74 Å². The van der Waals surface area contributed by atoms with Crippen LogP contribution in [0, 0.1) is 5.92 Å².